The molecule has 0 spiro atoms. The van der Waals surface area contributed by atoms with Crippen molar-refractivity contribution in [2.45, 2.75) is 50.8 Å². The zero-order chi connectivity index (χ0) is 12.4. The third kappa shape index (κ3) is 2.58. The van der Waals surface area contributed by atoms with Gasteiger partial charge in [0.2, 0.25) is 11.8 Å². The Morgan fingerprint density at radius 1 is 1.22 bits per heavy atom. The monoisotopic (exact) mass is 248 g/mol. The van der Waals surface area contributed by atoms with Crippen molar-refractivity contribution in [2.75, 3.05) is 6.61 Å². The normalized spacial score (nSPS) is 30.2. The summed E-state index contributed by atoms with van der Waals surface area (Å²) in [7, 11) is 0. The van der Waals surface area contributed by atoms with Crippen LogP contribution in [0.25, 0.3) is 0 Å². The van der Waals surface area contributed by atoms with Crippen molar-refractivity contribution in [3.8, 4) is 11.8 Å². The zero-order valence-corrected chi connectivity index (χ0v) is 10.8. The van der Waals surface area contributed by atoms with Crippen LogP contribution in [0.15, 0.2) is 18.2 Å². The molecule has 2 aliphatic heterocycles. The number of nitrogens with zero attached hydrogens (tertiary/aromatic N) is 1. The maximum Gasteiger partial charge on any atom is 0.216 e. The fourth-order valence-corrected chi connectivity index (χ4v) is 2.96. The van der Waals surface area contributed by atoms with E-state index in [0.717, 1.165) is 12.8 Å². The molecule has 3 heterocycles. The van der Waals surface area contributed by atoms with Crippen molar-refractivity contribution in [2.24, 2.45) is 0 Å². The summed E-state index contributed by atoms with van der Waals surface area (Å²) in [6, 6.07) is 6.99. The molecule has 3 rings (SSSR count). The van der Waals surface area contributed by atoms with Crippen LogP contribution in [-0.4, -0.2) is 29.8 Å². The number of hydrogen-bond donors (Lipinski definition) is 1. The highest BCUT2D eigenvalue weighted by atomic mass is 16.5. The van der Waals surface area contributed by atoms with Crippen LogP contribution < -0.4 is 14.8 Å². The van der Waals surface area contributed by atoms with Gasteiger partial charge in [-0.15, -0.1) is 0 Å². The van der Waals surface area contributed by atoms with Crippen LogP contribution in [0.1, 0.15) is 32.6 Å². The summed E-state index contributed by atoms with van der Waals surface area (Å²) in [4.78, 5) is 4.36. The lowest BCUT2D eigenvalue weighted by Crippen LogP contribution is -2.42. The molecule has 2 unspecified atom stereocenters. The van der Waals surface area contributed by atoms with Gasteiger partial charge in [-0.05, 0) is 32.6 Å². The summed E-state index contributed by atoms with van der Waals surface area (Å²) in [6.07, 6.45) is 5.07. The SMILES string of the molecule is CCOc1cccc(OC2CC3CCC(C2)N3)n1. The molecule has 18 heavy (non-hydrogen) atoms. The molecule has 1 aromatic heterocycles. The van der Waals surface area contributed by atoms with Crippen molar-refractivity contribution in [3.63, 3.8) is 0 Å². The van der Waals surface area contributed by atoms with E-state index in [-0.39, 0.29) is 0 Å². The number of hydrogen-bond acceptors (Lipinski definition) is 4. The van der Waals surface area contributed by atoms with Gasteiger partial charge in [-0.1, -0.05) is 6.07 Å². The van der Waals surface area contributed by atoms with Crippen LogP contribution in [0.3, 0.4) is 0 Å². The first-order valence-corrected chi connectivity index (χ1v) is 6.86. The molecule has 0 aliphatic carbocycles. The second-order valence-electron chi connectivity index (χ2n) is 5.10. The molecule has 4 nitrogen and oxygen atoms in total. The summed E-state index contributed by atoms with van der Waals surface area (Å²) < 4.78 is 11.4. The third-order valence-corrected chi connectivity index (χ3v) is 3.71. The Labute approximate surface area is 108 Å². The minimum absolute atomic E-state index is 0.299. The second-order valence-corrected chi connectivity index (χ2v) is 5.10. The van der Waals surface area contributed by atoms with Crippen molar-refractivity contribution < 1.29 is 9.47 Å². The highest BCUT2D eigenvalue weighted by Crippen LogP contribution is 2.29. The summed E-state index contributed by atoms with van der Waals surface area (Å²) >= 11 is 0. The molecule has 2 bridgehead atoms. The van der Waals surface area contributed by atoms with Crippen molar-refractivity contribution in [3.05, 3.63) is 18.2 Å². The van der Waals surface area contributed by atoms with E-state index >= 15 is 0 Å². The van der Waals surface area contributed by atoms with E-state index in [0.29, 0.717) is 36.6 Å². The lowest BCUT2D eigenvalue weighted by molar-refractivity contribution is 0.130. The Kier molecular flexibility index (Phi) is 3.37. The lowest BCUT2D eigenvalue weighted by atomic mass is 10.0. The fourth-order valence-electron chi connectivity index (χ4n) is 2.96. The van der Waals surface area contributed by atoms with Gasteiger partial charge in [-0.2, -0.15) is 4.98 Å². The summed E-state index contributed by atoms with van der Waals surface area (Å²) in [5.41, 5.74) is 0. The highest BCUT2D eigenvalue weighted by molar-refractivity contribution is 5.20. The van der Waals surface area contributed by atoms with Crippen LogP contribution in [0.4, 0.5) is 0 Å². The Hall–Kier alpha value is -1.29. The molecule has 2 saturated heterocycles. The van der Waals surface area contributed by atoms with Crippen molar-refractivity contribution >= 4 is 0 Å². The van der Waals surface area contributed by atoms with Gasteiger partial charge in [0.1, 0.15) is 6.10 Å². The second kappa shape index (κ2) is 5.14. The van der Waals surface area contributed by atoms with Crippen molar-refractivity contribution in [1.29, 1.82) is 0 Å². The van der Waals surface area contributed by atoms with Crippen LogP contribution in [-0.2, 0) is 0 Å². The molecule has 1 aromatic rings. The van der Waals surface area contributed by atoms with Gasteiger partial charge in [-0.3, -0.25) is 0 Å². The number of fused-ring (bicyclic) bond motifs is 2. The largest absolute Gasteiger partial charge is 0.478 e. The third-order valence-electron chi connectivity index (χ3n) is 3.71. The molecular formula is C14H20N2O2. The maximum absolute atomic E-state index is 5.99. The molecular weight excluding hydrogens is 228 g/mol. The summed E-state index contributed by atoms with van der Waals surface area (Å²) in [5, 5.41) is 3.61. The van der Waals surface area contributed by atoms with Crippen LogP contribution in [0.2, 0.25) is 0 Å². The predicted molar refractivity (Wildman–Crippen MR) is 69.0 cm³/mol. The number of piperidine rings is 1. The Morgan fingerprint density at radius 2 is 1.94 bits per heavy atom. The van der Waals surface area contributed by atoms with Crippen molar-refractivity contribution in [1.82, 2.24) is 10.3 Å². The molecule has 2 fully saturated rings. The Morgan fingerprint density at radius 3 is 2.67 bits per heavy atom. The number of aromatic nitrogens is 1. The molecule has 2 aliphatic rings. The van der Waals surface area contributed by atoms with Crippen LogP contribution >= 0.6 is 0 Å². The topological polar surface area (TPSA) is 43.4 Å². The van der Waals surface area contributed by atoms with E-state index in [4.69, 9.17) is 9.47 Å². The van der Waals surface area contributed by atoms with E-state index in [1.54, 1.807) is 0 Å². The number of ether oxygens (including phenoxy) is 2. The van der Waals surface area contributed by atoms with Crippen LogP contribution in [0.5, 0.6) is 11.8 Å². The van der Waals surface area contributed by atoms with Crippen LogP contribution in [0, 0.1) is 0 Å². The highest BCUT2D eigenvalue weighted by Gasteiger charge is 2.34. The van der Waals surface area contributed by atoms with Gasteiger partial charge < -0.3 is 14.8 Å². The standard InChI is InChI=1S/C14H20N2O2/c1-2-17-13-4-3-5-14(16-13)18-12-8-10-6-7-11(9-12)15-10/h3-5,10-12,15H,2,6-9H2,1H3. The summed E-state index contributed by atoms with van der Waals surface area (Å²) in [6.45, 7) is 2.59. The first kappa shape index (κ1) is 11.8. The molecule has 0 aromatic carbocycles. The van der Waals surface area contributed by atoms with E-state index in [1.165, 1.54) is 12.8 Å². The van der Waals surface area contributed by atoms with E-state index in [1.807, 2.05) is 25.1 Å². The molecule has 0 radical (unpaired) electrons. The smallest absolute Gasteiger partial charge is 0.216 e. The molecule has 98 valence electrons. The average Bonchev–Trinajstić information content (AvgIpc) is 2.70. The number of pyridine rings is 1. The molecule has 0 saturated carbocycles. The maximum atomic E-state index is 5.99. The van der Waals surface area contributed by atoms with Gasteiger partial charge in [0.15, 0.2) is 0 Å². The lowest BCUT2D eigenvalue weighted by Gasteiger charge is -2.29. The Bertz CT molecular complexity index is 399. The fraction of sp³-hybridized carbons (Fsp3) is 0.643. The first-order chi connectivity index (χ1) is 8.83. The van der Waals surface area contributed by atoms with E-state index in [9.17, 15) is 0 Å². The minimum atomic E-state index is 0.299. The molecule has 0 amide bonds. The summed E-state index contributed by atoms with van der Waals surface area (Å²) in [5.74, 6) is 1.33. The minimum Gasteiger partial charge on any atom is -0.478 e. The molecule has 4 heteroatoms. The Balaban J connectivity index is 1.63. The number of nitrogens with one attached hydrogen (secondary N) is 1. The van der Waals surface area contributed by atoms with Gasteiger partial charge in [0.25, 0.3) is 0 Å². The van der Waals surface area contributed by atoms with Gasteiger partial charge in [-0.25, -0.2) is 0 Å². The zero-order valence-electron chi connectivity index (χ0n) is 10.8. The van der Waals surface area contributed by atoms with Gasteiger partial charge >= 0.3 is 0 Å². The van der Waals surface area contributed by atoms with Gasteiger partial charge in [0.05, 0.1) is 6.61 Å². The number of rotatable bonds is 4. The molecule has 1 N–H and O–H groups in total. The van der Waals surface area contributed by atoms with Gasteiger partial charge in [0, 0.05) is 24.2 Å². The first-order valence-electron chi connectivity index (χ1n) is 6.86. The molecule has 2 atom stereocenters. The average molecular weight is 248 g/mol. The van der Waals surface area contributed by atoms with E-state index < -0.39 is 0 Å². The van der Waals surface area contributed by atoms with E-state index in [2.05, 4.69) is 10.3 Å². The predicted octanol–water partition coefficient (Wildman–Crippen LogP) is 2.14. The quantitative estimate of drug-likeness (QED) is 0.886.